The van der Waals surface area contributed by atoms with Gasteiger partial charge in [0, 0.05) is 0 Å². The van der Waals surface area contributed by atoms with Crippen LogP contribution in [0.5, 0.6) is 5.75 Å². The highest BCUT2D eigenvalue weighted by Crippen LogP contribution is 2.15. The molecule has 0 saturated carbocycles. The predicted molar refractivity (Wildman–Crippen MR) is 59.2 cm³/mol. The second kappa shape index (κ2) is 4.99. The van der Waals surface area contributed by atoms with Crippen molar-refractivity contribution in [3.63, 3.8) is 0 Å². The molecule has 0 spiro atoms. The Morgan fingerprint density at radius 3 is 2.62 bits per heavy atom. The molecule has 88 valence electrons. The van der Waals surface area contributed by atoms with Crippen molar-refractivity contribution < 1.29 is 19.4 Å². The van der Waals surface area contributed by atoms with Gasteiger partial charge < -0.3 is 14.6 Å². The number of aliphatic hydroxyl groups is 1. The number of aliphatic hydroxyl groups excluding tert-OH is 1. The second-order valence-electron chi connectivity index (χ2n) is 4.37. The van der Waals surface area contributed by atoms with Crippen LogP contribution in [0.3, 0.4) is 0 Å². The topological polar surface area (TPSA) is 55.8 Å². The maximum Gasteiger partial charge on any atom is 0.514 e. The van der Waals surface area contributed by atoms with Gasteiger partial charge in [0.05, 0.1) is 6.61 Å². The van der Waals surface area contributed by atoms with Crippen LogP contribution in [0.1, 0.15) is 26.3 Å². The Morgan fingerprint density at radius 2 is 2.06 bits per heavy atom. The summed E-state index contributed by atoms with van der Waals surface area (Å²) in [5.41, 5.74) is 0.104. The summed E-state index contributed by atoms with van der Waals surface area (Å²) in [5.74, 6) is 0.362. The van der Waals surface area contributed by atoms with Crippen LogP contribution in [-0.4, -0.2) is 16.9 Å². The summed E-state index contributed by atoms with van der Waals surface area (Å²) in [6.45, 7) is 5.20. The van der Waals surface area contributed by atoms with Crippen LogP contribution >= 0.6 is 0 Å². The first-order chi connectivity index (χ1) is 7.40. The summed E-state index contributed by atoms with van der Waals surface area (Å²) >= 11 is 0. The van der Waals surface area contributed by atoms with E-state index in [0.717, 1.165) is 0 Å². The number of hydrogen-bond acceptors (Lipinski definition) is 4. The van der Waals surface area contributed by atoms with Crippen LogP contribution in [0, 0.1) is 0 Å². The van der Waals surface area contributed by atoms with Gasteiger partial charge in [-0.2, -0.15) is 0 Å². The Kier molecular flexibility index (Phi) is 3.90. The molecule has 0 atom stereocenters. The van der Waals surface area contributed by atoms with E-state index in [9.17, 15) is 4.79 Å². The lowest BCUT2D eigenvalue weighted by molar-refractivity contribution is 0.0206. The molecule has 0 unspecified atom stereocenters. The van der Waals surface area contributed by atoms with Gasteiger partial charge >= 0.3 is 6.16 Å². The van der Waals surface area contributed by atoms with Gasteiger partial charge in [-0.1, -0.05) is 12.1 Å². The molecule has 1 aromatic rings. The van der Waals surface area contributed by atoms with Crippen molar-refractivity contribution in [2.24, 2.45) is 0 Å². The Labute approximate surface area is 94.8 Å². The molecular weight excluding hydrogens is 208 g/mol. The number of benzene rings is 1. The van der Waals surface area contributed by atoms with E-state index in [1.165, 1.54) is 0 Å². The van der Waals surface area contributed by atoms with Crippen LogP contribution < -0.4 is 4.74 Å². The van der Waals surface area contributed by atoms with Gasteiger partial charge in [-0.15, -0.1) is 0 Å². The highest BCUT2D eigenvalue weighted by atomic mass is 16.7. The highest BCUT2D eigenvalue weighted by Gasteiger charge is 2.17. The fourth-order valence-electron chi connectivity index (χ4n) is 1.07. The van der Waals surface area contributed by atoms with Crippen molar-refractivity contribution in [1.82, 2.24) is 0 Å². The van der Waals surface area contributed by atoms with Gasteiger partial charge in [0.1, 0.15) is 11.4 Å². The molecule has 0 fully saturated rings. The molecule has 0 bridgehead atoms. The molecule has 1 N–H and O–H groups in total. The monoisotopic (exact) mass is 224 g/mol. The summed E-state index contributed by atoms with van der Waals surface area (Å²) in [7, 11) is 0. The fourth-order valence-corrected chi connectivity index (χ4v) is 1.07. The Bertz CT molecular complexity index is 366. The molecule has 0 heterocycles. The van der Waals surface area contributed by atoms with E-state index in [1.54, 1.807) is 45.0 Å². The lowest BCUT2D eigenvalue weighted by atomic mass is 10.2. The molecule has 0 aliphatic carbocycles. The molecule has 0 amide bonds. The molecule has 0 radical (unpaired) electrons. The van der Waals surface area contributed by atoms with E-state index in [1.807, 2.05) is 0 Å². The van der Waals surface area contributed by atoms with Crippen LogP contribution in [0.2, 0.25) is 0 Å². The van der Waals surface area contributed by atoms with Gasteiger partial charge in [0.2, 0.25) is 0 Å². The van der Waals surface area contributed by atoms with Crippen molar-refractivity contribution >= 4 is 6.16 Å². The quantitative estimate of drug-likeness (QED) is 0.619. The van der Waals surface area contributed by atoms with Crippen molar-refractivity contribution in [3.05, 3.63) is 29.8 Å². The second-order valence-corrected chi connectivity index (χ2v) is 4.37. The van der Waals surface area contributed by atoms with Crippen LogP contribution in [0.15, 0.2) is 24.3 Å². The van der Waals surface area contributed by atoms with Crippen LogP contribution in [0.4, 0.5) is 4.79 Å². The zero-order chi connectivity index (χ0) is 12.2. The first kappa shape index (κ1) is 12.5. The molecule has 0 aromatic heterocycles. The van der Waals surface area contributed by atoms with Crippen molar-refractivity contribution in [2.45, 2.75) is 33.0 Å². The highest BCUT2D eigenvalue weighted by molar-refractivity contribution is 5.64. The number of carbonyl (C=O) groups excluding carboxylic acids is 1. The normalized spacial score (nSPS) is 11.0. The lowest BCUT2D eigenvalue weighted by Gasteiger charge is -2.18. The summed E-state index contributed by atoms with van der Waals surface area (Å²) in [5, 5.41) is 8.91. The average molecular weight is 224 g/mol. The van der Waals surface area contributed by atoms with E-state index in [4.69, 9.17) is 14.6 Å². The molecule has 0 saturated heterocycles. The first-order valence-electron chi connectivity index (χ1n) is 5.01. The molecule has 0 aliphatic rings. The maximum atomic E-state index is 11.3. The molecule has 4 nitrogen and oxygen atoms in total. The molecule has 1 aromatic carbocycles. The van der Waals surface area contributed by atoms with E-state index < -0.39 is 11.8 Å². The summed E-state index contributed by atoms with van der Waals surface area (Å²) < 4.78 is 9.95. The number of ether oxygens (including phenoxy) is 2. The third-order valence-electron chi connectivity index (χ3n) is 1.67. The third-order valence-corrected chi connectivity index (χ3v) is 1.67. The fraction of sp³-hybridized carbons (Fsp3) is 0.417. The summed E-state index contributed by atoms with van der Waals surface area (Å²) in [4.78, 5) is 11.3. The minimum atomic E-state index is -0.748. The number of hydrogen-bond donors (Lipinski definition) is 1. The lowest BCUT2D eigenvalue weighted by Crippen LogP contribution is -2.25. The van der Waals surface area contributed by atoms with E-state index >= 15 is 0 Å². The summed E-state index contributed by atoms with van der Waals surface area (Å²) in [6.07, 6.45) is -0.748. The third kappa shape index (κ3) is 4.31. The van der Waals surface area contributed by atoms with Gasteiger partial charge in [0.15, 0.2) is 0 Å². The zero-order valence-electron chi connectivity index (χ0n) is 9.69. The molecule has 4 heteroatoms. The smallest absolute Gasteiger partial charge is 0.428 e. The maximum absolute atomic E-state index is 11.3. The number of rotatable bonds is 2. The Hall–Kier alpha value is -1.55. The van der Waals surface area contributed by atoms with E-state index in [0.29, 0.717) is 11.3 Å². The first-order valence-corrected chi connectivity index (χ1v) is 5.01. The molecule has 16 heavy (non-hydrogen) atoms. The Morgan fingerprint density at radius 1 is 1.38 bits per heavy atom. The van der Waals surface area contributed by atoms with E-state index in [2.05, 4.69) is 0 Å². The molecular formula is C12H16O4. The SMILES string of the molecule is CC(C)(C)OC(=O)Oc1cccc(CO)c1. The van der Waals surface area contributed by atoms with Crippen molar-refractivity contribution in [3.8, 4) is 5.75 Å². The Balaban J connectivity index is 2.62. The zero-order valence-corrected chi connectivity index (χ0v) is 9.69. The van der Waals surface area contributed by atoms with Gasteiger partial charge in [-0.25, -0.2) is 4.79 Å². The predicted octanol–water partition coefficient (Wildman–Crippen LogP) is 2.49. The number of carbonyl (C=O) groups is 1. The summed E-state index contributed by atoms with van der Waals surface area (Å²) in [6, 6.07) is 6.65. The minimum Gasteiger partial charge on any atom is -0.428 e. The van der Waals surface area contributed by atoms with Crippen molar-refractivity contribution in [1.29, 1.82) is 0 Å². The standard InChI is InChI=1S/C12H16O4/c1-12(2,3)16-11(14)15-10-6-4-5-9(7-10)8-13/h4-7,13H,8H2,1-3H3. The van der Waals surface area contributed by atoms with Gasteiger partial charge in [0.25, 0.3) is 0 Å². The van der Waals surface area contributed by atoms with Gasteiger partial charge in [-0.05, 0) is 38.5 Å². The largest absolute Gasteiger partial charge is 0.514 e. The van der Waals surface area contributed by atoms with Crippen LogP contribution in [-0.2, 0) is 11.3 Å². The average Bonchev–Trinajstić information content (AvgIpc) is 2.15. The van der Waals surface area contributed by atoms with E-state index in [-0.39, 0.29) is 6.61 Å². The van der Waals surface area contributed by atoms with Crippen LogP contribution in [0.25, 0.3) is 0 Å². The van der Waals surface area contributed by atoms with Gasteiger partial charge in [-0.3, -0.25) is 0 Å². The van der Waals surface area contributed by atoms with Crippen molar-refractivity contribution in [2.75, 3.05) is 0 Å². The minimum absolute atomic E-state index is 0.0917. The molecule has 0 aliphatic heterocycles. The molecule has 1 rings (SSSR count).